The smallest absolute Gasteiger partial charge is 0.165 e. The van der Waals surface area contributed by atoms with Crippen LogP contribution in [-0.4, -0.2) is 44.0 Å². The predicted molar refractivity (Wildman–Crippen MR) is 317 cm³/mol. The fourth-order valence-electron chi connectivity index (χ4n) is 11.0. The molecule has 0 aliphatic rings. The molecule has 0 saturated carbocycles. The van der Waals surface area contributed by atoms with Crippen molar-refractivity contribution in [2.45, 2.75) is 27.7 Å². The Morgan fingerprint density at radius 1 is 0.244 bits per heavy atom. The highest BCUT2D eigenvalue weighted by Gasteiger charge is 2.26. The van der Waals surface area contributed by atoms with E-state index in [0.29, 0.717) is 34.9 Å². The summed E-state index contributed by atoms with van der Waals surface area (Å²) in [4.78, 5) is 37.7. The van der Waals surface area contributed by atoms with Gasteiger partial charge in [0.15, 0.2) is 34.9 Å². The Kier molecular flexibility index (Phi) is 11.2. The van der Waals surface area contributed by atoms with E-state index in [4.69, 9.17) is 34.9 Å². The van der Waals surface area contributed by atoms with Crippen molar-refractivity contribution in [3.05, 3.63) is 247 Å². The molecule has 5 aromatic heterocycles. The molecule has 0 N–H and O–H groups in total. The van der Waals surface area contributed by atoms with Gasteiger partial charge in [-0.2, -0.15) is 0 Å². The van der Waals surface area contributed by atoms with Gasteiger partial charge in [-0.15, -0.1) is 0 Å². The van der Waals surface area contributed by atoms with E-state index in [9.17, 15) is 0 Å². The first-order valence-corrected chi connectivity index (χ1v) is 26.2. The Bertz CT molecular complexity index is 4260. The first kappa shape index (κ1) is 46.3. The van der Waals surface area contributed by atoms with Gasteiger partial charge in [-0.25, -0.2) is 34.9 Å². The van der Waals surface area contributed by atoms with Crippen LogP contribution in [-0.2, 0) is 0 Å². The summed E-state index contributed by atoms with van der Waals surface area (Å²) in [7, 11) is 0. The van der Waals surface area contributed by atoms with Gasteiger partial charge in [0.2, 0.25) is 0 Å². The van der Waals surface area contributed by atoms with Gasteiger partial charge in [0.25, 0.3) is 0 Å². The Balaban J connectivity index is 1.12. The van der Waals surface area contributed by atoms with Crippen molar-refractivity contribution in [2.75, 3.05) is 0 Å². The molecule has 9 aromatic carbocycles. The number of hydrogen-bond donors (Lipinski definition) is 0. The maximum Gasteiger partial charge on any atom is 0.165 e. The third-order valence-corrected chi connectivity index (χ3v) is 14.6. The van der Waals surface area contributed by atoms with Gasteiger partial charge in [0.1, 0.15) is 11.6 Å². The standard InChI is InChI=1S/C69H49N9/c1-42-28-32-57-53(36-42)54-37-43(2)29-33-58(54)77(57)61-40-50(41-62(70-61)78-59-34-30-44(3)38-55(59)56-39-45(4)31-35-60(56)78)51-26-17-27-52(68-73-64(46-18-9-5-10-19-46)71-65(74-68)47-20-11-6-12-21-47)63(51)69-75-66(48-22-13-7-14-23-48)72-67(76-69)49-24-15-8-16-25-49/h5-41H,1-4H3. The number of pyridine rings is 1. The molecule has 0 aliphatic carbocycles. The van der Waals surface area contributed by atoms with E-state index in [2.05, 4.69) is 140 Å². The molecular weight excluding hydrogens is 955 g/mol. The van der Waals surface area contributed by atoms with Crippen molar-refractivity contribution in [3.8, 4) is 91.1 Å². The minimum absolute atomic E-state index is 0.460. The molecule has 0 radical (unpaired) electrons. The summed E-state index contributed by atoms with van der Waals surface area (Å²) in [5, 5.41) is 4.66. The highest BCUT2D eigenvalue weighted by atomic mass is 15.1. The molecule has 0 saturated heterocycles. The average Bonchev–Trinajstić information content (AvgIpc) is 4.18. The van der Waals surface area contributed by atoms with Gasteiger partial charge in [0.05, 0.1) is 22.1 Å². The Morgan fingerprint density at radius 3 is 0.897 bits per heavy atom. The van der Waals surface area contributed by atoms with E-state index in [0.717, 1.165) is 78.2 Å². The molecule has 0 atom stereocenters. The van der Waals surface area contributed by atoms with E-state index in [1.807, 2.05) is 121 Å². The van der Waals surface area contributed by atoms with Crippen molar-refractivity contribution in [1.82, 2.24) is 44.0 Å². The van der Waals surface area contributed by atoms with Crippen molar-refractivity contribution >= 4 is 43.6 Å². The number of aromatic nitrogens is 9. The Morgan fingerprint density at radius 2 is 0.551 bits per heavy atom. The number of nitrogens with zero attached hydrogens (tertiary/aromatic N) is 9. The number of benzene rings is 9. The molecule has 0 aliphatic heterocycles. The second-order valence-corrected chi connectivity index (χ2v) is 20.1. The van der Waals surface area contributed by atoms with Crippen LogP contribution >= 0.6 is 0 Å². The van der Waals surface area contributed by atoms with Gasteiger partial charge >= 0.3 is 0 Å². The van der Waals surface area contributed by atoms with Crippen LogP contribution in [0.4, 0.5) is 0 Å². The van der Waals surface area contributed by atoms with Crippen LogP contribution in [0.3, 0.4) is 0 Å². The highest BCUT2D eigenvalue weighted by molar-refractivity contribution is 6.11. The molecule has 9 nitrogen and oxygen atoms in total. The maximum absolute atomic E-state index is 5.77. The van der Waals surface area contributed by atoms with Gasteiger partial charge in [-0.3, -0.25) is 9.13 Å². The van der Waals surface area contributed by atoms with Crippen molar-refractivity contribution in [2.24, 2.45) is 0 Å². The van der Waals surface area contributed by atoms with Crippen LogP contribution in [0.1, 0.15) is 22.3 Å². The quantitative estimate of drug-likeness (QED) is 0.142. The number of rotatable bonds is 9. The van der Waals surface area contributed by atoms with Crippen molar-refractivity contribution in [3.63, 3.8) is 0 Å². The molecule has 9 heteroatoms. The zero-order valence-electron chi connectivity index (χ0n) is 43.4. The number of fused-ring (bicyclic) bond motifs is 6. The lowest BCUT2D eigenvalue weighted by Crippen LogP contribution is -2.06. The van der Waals surface area contributed by atoms with Crippen molar-refractivity contribution in [1.29, 1.82) is 0 Å². The minimum Gasteiger partial charge on any atom is -0.294 e. The molecule has 0 fully saturated rings. The van der Waals surface area contributed by atoms with E-state index in [1.165, 1.54) is 43.8 Å². The largest absolute Gasteiger partial charge is 0.294 e. The number of aryl methyl sites for hydroxylation is 4. The van der Waals surface area contributed by atoms with Crippen LogP contribution in [0.5, 0.6) is 0 Å². The maximum atomic E-state index is 5.77. The van der Waals surface area contributed by atoms with Gasteiger partial charge in [0, 0.05) is 54.9 Å². The van der Waals surface area contributed by atoms with E-state index in [-0.39, 0.29) is 0 Å². The molecule has 0 unspecified atom stereocenters. The lowest BCUT2D eigenvalue weighted by molar-refractivity contribution is 1.01. The summed E-state index contributed by atoms with van der Waals surface area (Å²) in [5.41, 5.74) is 15.6. The lowest BCUT2D eigenvalue weighted by Gasteiger charge is -2.19. The van der Waals surface area contributed by atoms with Gasteiger partial charge in [-0.1, -0.05) is 186 Å². The molecule has 78 heavy (non-hydrogen) atoms. The summed E-state index contributed by atoms with van der Waals surface area (Å²) in [6, 6.07) is 77.9. The summed E-state index contributed by atoms with van der Waals surface area (Å²) < 4.78 is 4.63. The monoisotopic (exact) mass is 1000 g/mol. The van der Waals surface area contributed by atoms with E-state index >= 15 is 0 Å². The Labute approximate surface area is 451 Å². The summed E-state index contributed by atoms with van der Waals surface area (Å²) in [5.74, 6) is 4.60. The van der Waals surface area contributed by atoms with E-state index in [1.54, 1.807) is 0 Å². The molecule has 14 rings (SSSR count). The summed E-state index contributed by atoms with van der Waals surface area (Å²) in [6.45, 7) is 8.62. The first-order chi connectivity index (χ1) is 38.3. The fraction of sp³-hybridized carbons (Fsp3) is 0.0580. The zero-order chi connectivity index (χ0) is 52.4. The van der Waals surface area contributed by atoms with Gasteiger partial charge in [-0.05, 0) is 99.5 Å². The lowest BCUT2D eigenvalue weighted by atomic mass is 9.94. The summed E-state index contributed by atoms with van der Waals surface area (Å²) in [6.07, 6.45) is 0. The fourth-order valence-corrected chi connectivity index (χ4v) is 11.0. The van der Waals surface area contributed by atoms with Crippen LogP contribution in [0, 0.1) is 27.7 Å². The van der Waals surface area contributed by atoms with Crippen LogP contribution < -0.4 is 0 Å². The Hall–Kier alpha value is -10.3. The van der Waals surface area contributed by atoms with Crippen molar-refractivity contribution < 1.29 is 0 Å². The topological polar surface area (TPSA) is 100 Å². The molecule has 0 bridgehead atoms. The van der Waals surface area contributed by atoms with Crippen LogP contribution in [0.2, 0.25) is 0 Å². The second kappa shape index (κ2) is 18.8. The van der Waals surface area contributed by atoms with E-state index < -0.39 is 0 Å². The minimum atomic E-state index is 0.460. The first-order valence-electron chi connectivity index (χ1n) is 26.2. The number of hydrogen-bond acceptors (Lipinski definition) is 7. The molecule has 0 spiro atoms. The zero-order valence-corrected chi connectivity index (χ0v) is 43.4. The predicted octanol–water partition coefficient (Wildman–Crippen LogP) is 16.5. The SMILES string of the molecule is Cc1ccc2c(c1)c1cc(C)ccc1n2-c1cc(-c2cccc(-c3nc(-c4ccccc4)nc(-c4ccccc4)n3)c2-c2nc(-c3ccccc3)nc(-c3ccccc3)n2)cc(-n2c3ccc(C)cc3c3cc(C)ccc32)n1. The molecule has 5 heterocycles. The normalized spacial score (nSPS) is 11.6. The molecule has 14 aromatic rings. The molecule has 370 valence electrons. The van der Waals surface area contributed by atoms with Gasteiger partial charge < -0.3 is 0 Å². The second-order valence-electron chi connectivity index (χ2n) is 20.1. The third-order valence-electron chi connectivity index (χ3n) is 14.6. The molecular formula is C69H49N9. The highest BCUT2D eigenvalue weighted by Crippen LogP contribution is 2.43. The average molecular weight is 1000 g/mol. The molecule has 0 amide bonds. The van der Waals surface area contributed by atoms with Crippen LogP contribution in [0.25, 0.3) is 135 Å². The summed E-state index contributed by atoms with van der Waals surface area (Å²) >= 11 is 0. The third kappa shape index (κ3) is 8.16. The van der Waals surface area contributed by atoms with Crippen LogP contribution in [0.15, 0.2) is 224 Å².